The van der Waals surface area contributed by atoms with Crippen molar-refractivity contribution in [1.29, 1.82) is 0 Å². The second kappa shape index (κ2) is 8.61. The molecule has 0 atom stereocenters. The van der Waals surface area contributed by atoms with Gasteiger partial charge in [0, 0.05) is 53.8 Å². The Kier molecular flexibility index (Phi) is 6.80. The summed E-state index contributed by atoms with van der Waals surface area (Å²) >= 11 is 3.64. The van der Waals surface area contributed by atoms with E-state index in [4.69, 9.17) is 4.74 Å². The molecule has 2 rings (SSSR count). The molecule has 1 aromatic rings. The zero-order chi connectivity index (χ0) is 15.1. The summed E-state index contributed by atoms with van der Waals surface area (Å²) in [4.78, 5) is 24.3. The molecule has 1 heterocycles. The SMILES string of the molecule is COCCCC(=O)c1ccc(C(=O)C2CSCSC2)cc1. The Labute approximate surface area is 134 Å². The fourth-order valence-electron chi connectivity index (χ4n) is 2.22. The highest BCUT2D eigenvalue weighted by Gasteiger charge is 2.23. The molecule has 0 amide bonds. The Morgan fingerprint density at radius 1 is 1.14 bits per heavy atom. The highest BCUT2D eigenvalue weighted by atomic mass is 32.2. The van der Waals surface area contributed by atoms with E-state index in [0.29, 0.717) is 18.6 Å². The summed E-state index contributed by atoms with van der Waals surface area (Å²) < 4.78 is 4.95. The van der Waals surface area contributed by atoms with Gasteiger partial charge in [-0.2, -0.15) is 23.5 Å². The van der Waals surface area contributed by atoms with Gasteiger partial charge in [-0.3, -0.25) is 9.59 Å². The fourth-order valence-corrected chi connectivity index (χ4v) is 4.71. The standard InChI is InChI=1S/C16H20O3S2/c1-19-8-2-3-15(17)12-4-6-13(7-5-12)16(18)14-9-20-11-21-10-14/h4-7,14H,2-3,8-11H2,1H3. The molecule has 0 radical (unpaired) electrons. The van der Waals surface area contributed by atoms with Crippen molar-refractivity contribution in [1.82, 2.24) is 0 Å². The van der Waals surface area contributed by atoms with Gasteiger partial charge in [-0.25, -0.2) is 0 Å². The molecule has 114 valence electrons. The lowest BCUT2D eigenvalue weighted by molar-refractivity contribution is 0.0939. The number of benzene rings is 1. The first-order valence-corrected chi connectivity index (χ1v) is 9.35. The minimum absolute atomic E-state index is 0.106. The number of methoxy groups -OCH3 is 1. The second-order valence-corrected chi connectivity index (χ2v) is 7.44. The number of carbonyl (C=O) groups is 2. The van der Waals surface area contributed by atoms with Crippen LogP contribution in [0.25, 0.3) is 0 Å². The quantitative estimate of drug-likeness (QED) is 0.567. The Balaban J connectivity index is 1.94. The third-order valence-corrected chi connectivity index (χ3v) is 6.03. The molecule has 0 aromatic heterocycles. The molecule has 1 aromatic carbocycles. The maximum atomic E-state index is 12.4. The molecule has 1 saturated heterocycles. The summed E-state index contributed by atoms with van der Waals surface area (Å²) in [5.41, 5.74) is 1.39. The molecule has 0 unspecified atom stereocenters. The van der Waals surface area contributed by atoms with Gasteiger partial charge in [-0.1, -0.05) is 24.3 Å². The Bertz CT molecular complexity index is 479. The topological polar surface area (TPSA) is 43.4 Å². The molecule has 1 aliphatic heterocycles. The van der Waals surface area contributed by atoms with Crippen molar-refractivity contribution in [2.24, 2.45) is 5.92 Å². The van der Waals surface area contributed by atoms with Crippen molar-refractivity contribution in [3.63, 3.8) is 0 Å². The van der Waals surface area contributed by atoms with Gasteiger partial charge in [0.1, 0.15) is 0 Å². The van der Waals surface area contributed by atoms with Crippen LogP contribution in [0.3, 0.4) is 0 Å². The molecule has 0 aliphatic carbocycles. The maximum Gasteiger partial charge on any atom is 0.167 e. The van der Waals surface area contributed by atoms with E-state index in [1.54, 1.807) is 31.4 Å². The summed E-state index contributed by atoms with van der Waals surface area (Å²) in [6, 6.07) is 7.11. The number of rotatable bonds is 7. The van der Waals surface area contributed by atoms with Crippen molar-refractivity contribution in [3.8, 4) is 0 Å². The van der Waals surface area contributed by atoms with Crippen molar-refractivity contribution in [2.75, 3.05) is 30.3 Å². The third kappa shape index (κ3) is 4.87. The molecule has 3 nitrogen and oxygen atoms in total. The van der Waals surface area contributed by atoms with Crippen molar-refractivity contribution in [2.45, 2.75) is 12.8 Å². The first kappa shape index (κ1) is 16.6. The molecule has 0 N–H and O–H groups in total. The number of Topliss-reactive ketones (excluding diaryl/α,β-unsaturated/α-hetero) is 2. The van der Waals surface area contributed by atoms with Gasteiger partial charge in [0.05, 0.1) is 0 Å². The van der Waals surface area contributed by atoms with Crippen LogP contribution < -0.4 is 0 Å². The molecule has 1 aliphatic rings. The number of ether oxygens (including phenoxy) is 1. The fraction of sp³-hybridized carbons (Fsp3) is 0.500. The number of ketones is 2. The number of thioether (sulfide) groups is 2. The smallest absolute Gasteiger partial charge is 0.167 e. The van der Waals surface area contributed by atoms with Crippen molar-refractivity contribution < 1.29 is 14.3 Å². The van der Waals surface area contributed by atoms with Crippen LogP contribution in [0.2, 0.25) is 0 Å². The normalized spacial score (nSPS) is 15.9. The van der Waals surface area contributed by atoms with Crippen molar-refractivity contribution in [3.05, 3.63) is 35.4 Å². The summed E-state index contributed by atoms with van der Waals surface area (Å²) in [5.74, 6) is 2.23. The van der Waals surface area contributed by atoms with Crippen LogP contribution in [-0.2, 0) is 4.74 Å². The van der Waals surface area contributed by atoms with Gasteiger partial charge in [0.2, 0.25) is 0 Å². The number of hydrogen-bond acceptors (Lipinski definition) is 5. The van der Waals surface area contributed by atoms with Gasteiger partial charge in [0.15, 0.2) is 11.6 Å². The predicted molar refractivity (Wildman–Crippen MR) is 89.5 cm³/mol. The molecule has 21 heavy (non-hydrogen) atoms. The Morgan fingerprint density at radius 2 is 1.76 bits per heavy atom. The second-order valence-electron chi connectivity index (χ2n) is 5.02. The maximum absolute atomic E-state index is 12.4. The van der Waals surface area contributed by atoms with E-state index >= 15 is 0 Å². The molecule has 1 fully saturated rings. The lowest BCUT2D eigenvalue weighted by Crippen LogP contribution is -2.22. The van der Waals surface area contributed by atoms with E-state index in [1.165, 1.54) is 0 Å². The number of carbonyl (C=O) groups excluding carboxylic acids is 2. The highest BCUT2D eigenvalue weighted by molar-refractivity contribution is 8.16. The number of hydrogen-bond donors (Lipinski definition) is 0. The largest absolute Gasteiger partial charge is 0.385 e. The van der Waals surface area contributed by atoms with E-state index < -0.39 is 0 Å². The first-order chi connectivity index (χ1) is 10.2. The summed E-state index contributed by atoms with van der Waals surface area (Å²) in [6.45, 7) is 0.597. The summed E-state index contributed by atoms with van der Waals surface area (Å²) in [7, 11) is 1.63. The Hall–Kier alpha value is -0.780. The van der Waals surface area contributed by atoms with Crippen LogP contribution in [0.15, 0.2) is 24.3 Å². The van der Waals surface area contributed by atoms with Crippen LogP contribution in [-0.4, -0.2) is 41.9 Å². The van der Waals surface area contributed by atoms with E-state index in [9.17, 15) is 9.59 Å². The van der Waals surface area contributed by atoms with E-state index in [1.807, 2.05) is 23.5 Å². The third-order valence-electron chi connectivity index (χ3n) is 3.42. The summed E-state index contributed by atoms with van der Waals surface area (Å²) in [5, 5.41) is 1.08. The highest BCUT2D eigenvalue weighted by Crippen LogP contribution is 2.28. The Morgan fingerprint density at radius 3 is 2.38 bits per heavy atom. The van der Waals surface area contributed by atoms with Gasteiger partial charge in [0.25, 0.3) is 0 Å². The van der Waals surface area contributed by atoms with Gasteiger partial charge in [-0.15, -0.1) is 0 Å². The van der Waals surface area contributed by atoms with Crippen LogP contribution in [0.4, 0.5) is 0 Å². The monoisotopic (exact) mass is 324 g/mol. The van der Waals surface area contributed by atoms with E-state index in [2.05, 4.69) is 0 Å². The molecule has 0 saturated carbocycles. The lowest BCUT2D eigenvalue weighted by atomic mass is 9.98. The first-order valence-electron chi connectivity index (χ1n) is 7.04. The molecule has 0 bridgehead atoms. The van der Waals surface area contributed by atoms with E-state index in [-0.39, 0.29) is 17.5 Å². The summed E-state index contributed by atoms with van der Waals surface area (Å²) in [6.07, 6.45) is 1.21. The van der Waals surface area contributed by atoms with Gasteiger partial charge in [-0.05, 0) is 6.42 Å². The minimum atomic E-state index is 0.106. The van der Waals surface area contributed by atoms with Crippen molar-refractivity contribution >= 4 is 35.1 Å². The lowest BCUT2D eigenvalue weighted by Gasteiger charge is -2.19. The predicted octanol–water partition coefficient (Wildman–Crippen LogP) is 3.53. The molecular weight excluding hydrogens is 304 g/mol. The molecule has 0 spiro atoms. The van der Waals surface area contributed by atoms with Crippen LogP contribution in [0.1, 0.15) is 33.6 Å². The van der Waals surface area contributed by atoms with Crippen LogP contribution in [0, 0.1) is 5.92 Å². The zero-order valence-corrected chi connectivity index (χ0v) is 13.8. The van der Waals surface area contributed by atoms with Gasteiger partial charge < -0.3 is 4.74 Å². The van der Waals surface area contributed by atoms with Gasteiger partial charge >= 0.3 is 0 Å². The molecule has 5 heteroatoms. The van der Waals surface area contributed by atoms with Crippen LogP contribution >= 0.6 is 23.5 Å². The molecular formula is C16H20O3S2. The average Bonchev–Trinajstić information content (AvgIpc) is 2.55. The minimum Gasteiger partial charge on any atom is -0.385 e. The van der Waals surface area contributed by atoms with E-state index in [0.717, 1.165) is 28.6 Å². The average molecular weight is 324 g/mol. The zero-order valence-electron chi connectivity index (χ0n) is 12.2. The van der Waals surface area contributed by atoms with Crippen LogP contribution in [0.5, 0.6) is 0 Å².